The summed E-state index contributed by atoms with van der Waals surface area (Å²) in [6.45, 7) is 3.98. The van der Waals surface area contributed by atoms with E-state index in [0.29, 0.717) is 0 Å². The van der Waals surface area contributed by atoms with Gasteiger partial charge in [-0.2, -0.15) is 0 Å². The van der Waals surface area contributed by atoms with E-state index in [1.165, 1.54) is 30.4 Å². The molecule has 0 unspecified atom stereocenters. The van der Waals surface area contributed by atoms with Gasteiger partial charge in [0.25, 0.3) is 5.91 Å². The average Bonchev–Trinajstić information content (AvgIpc) is 2.35. The van der Waals surface area contributed by atoms with Gasteiger partial charge in [-0.3, -0.25) is 4.79 Å². The standard InChI is InChI=1S/C15H21NO2/c1-11(2)16-15(17)10-18-14-8-7-12-5-3-4-6-13(12)9-14/h7-9,11H,3-6,10H2,1-2H3,(H,16,17). The van der Waals surface area contributed by atoms with Gasteiger partial charge in [0.05, 0.1) is 0 Å². The van der Waals surface area contributed by atoms with Gasteiger partial charge in [-0.05, 0) is 62.8 Å². The van der Waals surface area contributed by atoms with E-state index in [0.717, 1.165) is 12.2 Å². The maximum absolute atomic E-state index is 11.5. The molecule has 18 heavy (non-hydrogen) atoms. The Kier molecular flexibility index (Phi) is 4.24. The predicted octanol–water partition coefficient (Wildman–Crippen LogP) is 2.47. The van der Waals surface area contributed by atoms with Crippen LogP contribution in [0.15, 0.2) is 18.2 Å². The number of carbonyl (C=O) groups excluding carboxylic acids is 1. The number of rotatable bonds is 4. The van der Waals surface area contributed by atoms with Crippen LogP contribution in [-0.2, 0) is 17.6 Å². The minimum Gasteiger partial charge on any atom is -0.484 e. The Morgan fingerprint density at radius 2 is 2.00 bits per heavy atom. The molecule has 0 atom stereocenters. The molecule has 1 N–H and O–H groups in total. The first-order valence-electron chi connectivity index (χ1n) is 6.69. The molecular formula is C15H21NO2. The van der Waals surface area contributed by atoms with Gasteiger partial charge in [-0.15, -0.1) is 0 Å². The summed E-state index contributed by atoms with van der Waals surface area (Å²) in [5, 5.41) is 2.81. The van der Waals surface area contributed by atoms with Gasteiger partial charge >= 0.3 is 0 Å². The number of nitrogens with one attached hydrogen (secondary N) is 1. The summed E-state index contributed by atoms with van der Waals surface area (Å²) in [5.74, 6) is 0.734. The minimum atomic E-state index is -0.0669. The molecule has 0 radical (unpaired) electrons. The second-order valence-electron chi connectivity index (χ2n) is 5.15. The molecule has 0 spiro atoms. The van der Waals surface area contributed by atoms with Gasteiger partial charge in [-0.1, -0.05) is 6.07 Å². The molecular weight excluding hydrogens is 226 g/mol. The minimum absolute atomic E-state index is 0.0669. The van der Waals surface area contributed by atoms with Crippen LogP contribution in [0.3, 0.4) is 0 Å². The first-order valence-corrected chi connectivity index (χ1v) is 6.69. The summed E-state index contributed by atoms with van der Waals surface area (Å²) in [6, 6.07) is 6.33. The molecule has 0 heterocycles. The van der Waals surface area contributed by atoms with Gasteiger partial charge in [0, 0.05) is 6.04 Å². The normalized spacial score (nSPS) is 14.2. The zero-order chi connectivity index (χ0) is 13.0. The molecule has 2 rings (SSSR count). The van der Waals surface area contributed by atoms with E-state index in [-0.39, 0.29) is 18.6 Å². The Morgan fingerprint density at radius 3 is 2.72 bits per heavy atom. The lowest BCUT2D eigenvalue weighted by atomic mass is 9.92. The fourth-order valence-electron chi connectivity index (χ4n) is 2.31. The lowest BCUT2D eigenvalue weighted by Crippen LogP contribution is -2.34. The molecule has 98 valence electrons. The highest BCUT2D eigenvalue weighted by Gasteiger charge is 2.10. The largest absolute Gasteiger partial charge is 0.484 e. The maximum atomic E-state index is 11.5. The van der Waals surface area contributed by atoms with Crippen molar-refractivity contribution in [3.63, 3.8) is 0 Å². The Balaban J connectivity index is 1.92. The highest BCUT2D eigenvalue weighted by molar-refractivity contribution is 5.77. The monoisotopic (exact) mass is 247 g/mol. The zero-order valence-electron chi connectivity index (χ0n) is 11.2. The molecule has 0 bridgehead atoms. The van der Waals surface area contributed by atoms with E-state index < -0.39 is 0 Å². The molecule has 3 heteroatoms. The van der Waals surface area contributed by atoms with Crippen molar-refractivity contribution in [2.45, 2.75) is 45.6 Å². The van der Waals surface area contributed by atoms with Crippen LogP contribution in [0.1, 0.15) is 37.8 Å². The fourth-order valence-corrected chi connectivity index (χ4v) is 2.31. The number of hydrogen-bond donors (Lipinski definition) is 1. The summed E-state index contributed by atoms with van der Waals surface area (Å²) in [4.78, 5) is 11.5. The van der Waals surface area contributed by atoms with Crippen molar-refractivity contribution in [2.24, 2.45) is 0 Å². The number of aryl methyl sites for hydroxylation is 2. The summed E-state index contributed by atoms with van der Waals surface area (Å²) in [5.41, 5.74) is 2.81. The first kappa shape index (κ1) is 12.9. The Bertz CT molecular complexity index is 427. The zero-order valence-corrected chi connectivity index (χ0v) is 11.2. The number of hydrogen-bond acceptors (Lipinski definition) is 2. The van der Waals surface area contributed by atoms with Crippen molar-refractivity contribution < 1.29 is 9.53 Å². The van der Waals surface area contributed by atoms with Crippen LogP contribution < -0.4 is 10.1 Å². The van der Waals surface area contributed by atoms with Crippen LogP contribution >= 0.6 is 0 Å². The van der Waals surface area contributed by atoms with Gasteiger partial charge < -0.3 is 10.1 Å². The van der Waals surface area contributed by atoms with Crippen molar-refractivity contribution >= 4 is 5.91 Å². The van der Waals surface area contributed by atoms with Gasteiger partial charge in [0.1, 0.15) is 5.75 Å². The molecule has 1 aliphatic carbocycles. The summed E-state index contributed by atoms with van der Waals surface area (Å²) < 4.78 is 5.52. The molecule has 1 aliphatic rings. The van der Waals surface area contributed by atoms with Gasteiger partial charge in [-0.25, -0.2) is 0 Å². The van der Waals surface area contributed by atoms with E-state index in [1.54, 1.807) is 0 Å². The fraction of sp³-hybridized carbons (Fsp3) is 0.533. The lowest BCUT2D eigenvalue weighted by Gasteiger charge is -2.17. The SMILES string of the molecule is CC(C)NC(=O)COc1ccc2c(c1)CCCC2. The highest BCUT2D eigenvalue weighted by Crippen LogP contribution is 2.25. The molecule has 0 aromatic heterocycles. The maximum Gasteiger partial charge on any atom is 0.258 e. The first-order chi connectivity index (χ1) is 8.65. The van der Waals surface area contributed by atoms with Gasteiger partial charge in [0.15, 0.2) is 6.61 Å². The van der Waals surface area contributed by atoms with Crippen molar-refractivity contribution in [2.75, 3.05) is 6.61 Å². The quantitative estimate of drug-likeness (QED) is 0.887. The van der Waals surface area contributed by atoms with Crippen LogP contribution in [0.2, 0.25) is 0 Å². The van der Waals surface area contributed by atoms with Crippen molar-refractivity contribution in [3.05, 3.63) is 29.3 Å². The lowest BCUT2D eigenvalue weighted by molar-refractivity contribution is -0.123. The molecule has 0 saturated heterocycles. The van der Waals surface area contributed by atoms with E-state index >= 15 is 0 Å². The summed E-state index contributed by atoms with van der Waals surface area (Å²) in [7, 11) is 0. The number of ether oxygens (including phenoxy) is 1. The van der Waals surface area contributed by atoms with E-state index in [1.807, 2.05) is 19.9 Å². The Hall–Kier alpha value is -1.51. The Morgan fingerprint density at radius 1 is 1.28 bits per heavy atom. The summed E-state index contributed by atoms with van der Waals surface area (Å²) >= 11 is 0. The smallest absolute Gasteiger partial charge is 0.258 e. The van der Waals surface area contributed by atoms with Crippen molar-refractivity contribution in [1.82, 2.24) is 5.32 Å². The molecule has 1 amide bonds. The van der Waals surface area contributed by atoms with Crippen LogP contribution in [0, 0.1) is 0 Å². The number of carbonyl (C=O) groups is 1. The van der Waals surface area contributed by atoms with Crippen molar-refractivity contribution in [3.8, 4) is 5.75 Å². The molecule has 0 saturated carbocycles. The topological polar surface area (TPSA) is 38.3 Å². The second-order valence-corrected chi connectivity index (χ2v) is 5.15. The molecule has 0 aliphatic heterocycles. The number of amides is 1. The third-order valence-electron chi connectivity index (χ3n) is 3.14. The van der Waals surface area contributed by atoms with E-state index in [9.17, 15) is 4.79 Å². The number of benzene rings is 1. The third-order valence-corrected chi connectivity index (χ3v) is 3.14. The molecule has 1 aromatic rings. The summed E-state index contributed by atoms with van der Waals surface area (Å²) in [6.07, 6.45) is 4.84. The van der Waals surface area contributed by atoms with Crippen LogP contribution in [-0.4, -0.2) is 18.6 Å². The van der Waals surface area contributed by atoms with Crippen LogP contribution in [0.25, 0.3) is 0 Å². The van der Waals surface area contributed by atoms with Gasteiger partial charge in [0.2, 0.25) is 0 Å². The predicted molar refractivity (Wildman–Crippen MR) is 71.9 cm³/mol. The molecule has 0 fully saturated rings. The highest BCUT2D eigenvalue weighted by atomic mass is 16.5. The van der Waals surface area contributed by atoms with E-state index in [4.69, 9.17) is 4.74 Å². The Labute approximate surface area is 109 Å². The molecule has 3 nitrogen and oxygen atoms in total. The third kappa shape index (κ3) is 3.49. The number of fused-ring (bicyclic) bond motifs is 1. The average molecular weight is 247 g/mol. The van der Waals surface area contributed by atoms with Crippen molar-refractivity contribution in [1.29, 1.82) is 0 Å². The van der Waals surface area contributed by atoms with Crippen LogP contribution in [0.5, 0.6) is 5.75 Å². The molecule has 1 aromatic carbocycles. The van der Waals surface area contributed by atoms with E-state index in [2.05, 4.69) is 17.4 Å². The second kappa shape index (κ2) is 5.89. The van der Waals surface area contributed by atoms with Crippen LogP contribution in [0.4, 0.5) is 0 Å².